The van der Waals surface area contributed by atoms with E-state index in [1.165, 1.54) is 19.2 Å². The van der Waals surface area contributed by atoms with Crippen LogP contribution in [0.1, 0.15) is 17.2 Å². The minimum atomic E-state index is -0.626. The van der Waals surface area contributed by atoms with Crippen LogP contribution < -0.4 is 10.1 Å². The molecule has 0 aliphatic rings. The standard InChI is InChI=1S/C15H14BrF2NO/c1-19-15(10-5-3-4-6-13(10)20-2)14-11(17)7-9(16)8-12(14)18/h3-8,15,19H,1-2H3. The van der Waals surface area contributed by atoms with E-state index < -0.39 is 17.7 Å². The first-order valence-corrected chi connectivity index (χ1v) is 6.82. The molecule has 0 saturated heterocycles. The Morgan fingerprint density at radius 3 is 2.30 bits per heavy atom. The molecule has 0 spiro atoms. The van der Waals surface area contributed by atoms with Crippen LogP contribution in [-0.2, 0) is 0 Å². The lowest BCUT2D eigenvalue weighted by molar-refractivity contribution is 0.403. The molecule has 0 heterocycles. The van der Waals surface area contributed by atoms with Crippen molar-refractivity contribution in [1.82, 2.24) is 5.32 Å². The molecular weight excluding hydrogens is 328 g/mol. The van der Waals surface area contributed by atoms with Crippen LogP contribution >= 0.6 is 15.9 Å². The van der Waals surface area contributed by atoms with E-state index in [9.17, 15) is 8.78 Å². The van der Waals surface area contributed by atoms with Gasteiger partial charge < -0.3 is 10.1 Å². The Hall–Kier alpha value is -1.46. The lowest BCUT2D eigenvalue weighted by Gasteiger charge is -2.21. The summed E-state index contributed by atoms with van der Waals surface area (Å²) in [6, 6.07) is 9.02. The summed E-state index contributed by atoms with van der Waals surface area (Å²) in [5, 5.41) is 2.94. The molecule has 0 aliphatic carbocycles. The van der Waals surface area contributed by atoms with Gasteiger partial charge in [0.2, 0.25) is 0 Å². The maximum atomic E-state index is 14.1. The Kier molecular flexibility index (Phi) is 4.73. The van der Waals surface area contributed by atoms with Crippen molar-refractivity contribution in [2.75, 3.05) is 14.2 Å². The first-order chi connectivity index (χ1) is 9.58. The number of hydrogen-bond acceptors (Lipinski definition) is 2. The highest BCUT2D eigenvalue weighted by molar-refractivity contribution is 9.10. The van der Waals surface area contributed by atoms with Gasteiger partial charge in [0.05, 0.1) is 13.2 Å². The number of halogens is 3. The number of rotatable bonds is 4. The molecule has 1 N–H and O–H groups in total. The van der Waals surface area contributed by atoms with Crippen molar-refractivity contribution in [1.29, 1.82) is 0 Å². The summed E-state index contributed by atoms with van der Waals surface area (Å²) in [6.45, 7) is 0. The van der Waals surface area contributed by atoms with E-state index in [0.29, 0.717) is 15.8 Å². The smallest absolute Gasteiger partial charge is 0.132 e. The fraction of sp³-hybridized carbons (Fsp3) is 0.200. The molecule has 0 fully saturated rings. The van der Waals surface area contributed by atoms with Crippen molar-refractivity contribution in [2.24, 2.45) is 0 Å². The summed E-state index contributed by atoms with van der Waals surface area (Å²) >= 11 is 3.08. The summed E-state index contributed by atoms with van der Waals surface area (Å²) in [4.78, 5) is 0. The minimum Gasteiger partial charge on any atom is -0.496 e. The lowest BCUT2D eigenvalue weighted by Crippen LogP contribution is -2.21. The zero-order valence-corrected chi connectivity index (χ0v) is 12.7. The van der Waals surface area contributed by atoms with Crippen molar-refractivity contribution < 1.29 is 13.5 Å². The van der Waals surface area contributed by atoms with Gasteiger partial charge >= 0.3 is 0 Å². The summed E-state index contributed by atoms with van der Waals surface area (Å²) in [6.07, 6.45) is 0. The molecule has 0 amide bonds. The van der Waals surface area contributed by atoms with Gasteiger partial charge in [-0.3, -0.25) is 0 Å². The van der Waals surface area contributed by atoms with E-state index in [0.717, 1.165) is 0 Å². The van der Waals surface area contributed by atoms with Gasteiger partial charge in [0, 0.05) is 15.6 Å². The molecule has 0 aromatic heterocycles. The SMILES string of the molecule is CNC(c1ccccc1OC)c1c(F)cc(Br)cc1F. The second-order valence-corrected chi connectivity index (χ2v) is 5.16. The predicted octanol–water partition coefficient (Wildman–Crippen LogP) is 4.04. The third-order valence-corrected chi connectivity index (χ3v) is 3.53. The molecular formula is C15H14BrF2NO. The monoisotopic (exact) mass is 341 g/mol. The average Bonchev–Trinajstić information content (AvgIpc) is 2.42. The minimum absolute atomic E-state index is 0.0276. The van der Waals surface area contributed by atoms with Crippen molar-refractivity contribution >= 4 is 15.9 Å². The zero-order valence-electron chi connectivity index (χ0n) is 11.1. The summed E-state index contributed by atoms with van der Waals surface area (Å²) < 4.78 is 33.9. The third kappa shape index (κ3) is 2.83. The number of methoxy groups -OCH3 is 1. The Labute approximate surface area is 124 Å². The van der Waals surface area contributed by atoms with Gasteiger partial charge in [0.25, 0.3) is 0 Å². The quantitative estimate of drug-likeness (QED) is 0.905. The van der Waals surface area contributed by atoms with Crippen LogP contribution in [0.3, 0.4) is 0 Å². The van der Waals surface area contributed by atoms with E-state index in [2.05, 4.69) is 21.2 Å². The molecule has 5 heteroatoms. The van der Waals surface area contributed by atoms with E-state index in [1.54, 1.807) is 25.2 Å². The maximum Gasteiger partial charge on any atom is 0.132 e. The molecule has 1 atom stereocenters. The molecule has 1 unspecified atom stereocenters. The van der Waals surface area contributed by atoms with Crippen molar-refractivity contribution in [2.45, 2.75) is 6.04 Å². The van der Waals surface area contributed by atoms with Gasteiger partial charge in [-0.05, 0) is 25.2 Å². The molecule has 0 bridgehead atoms. The van der Waals surface area contributed by atoms with Crippen molar-refractivity contribution in [3.63, 3.8) is 0 Å². The molecule has 2 aromatic rings. The number of benzene rings is 2. The highest BCUT2D eigenvalue weighted by atomic mass is 79.9. The van der Waals surface area contributed by atoms with E-state index in [4.69, 9.17) is 4.74 Å². The van der Waals surface area contributed by atoms with Crippen LogP contribution in [0.4, 0.5) is 8.78 Å². The largest absolute Gasteiger partial charge is 0.496 e. The van der Waals surface area contributed by atoms with E-state index >= 15 is 0 Å². The van der Waals surface area contributed by atoms with Crippen LogP contribution in [0.15, 0.2) is 40.9 Å². The molecule has 0 saturated carbocycles. The summed E-state index contributed by atoms with van der Waals surface area (Å²) in [5.74, 6) is -0.641. The number of hydrogen-bond donors (Lipinski definition) is 1. The summed E-state index contributed by atoms with van der Waals surface area (Å²) in [7, 11) is 3.18. The van der Waals surface area contributed by atoms with Gasteiger partial charge in [-0.25, -0.2) is 8.78 Å². The van der Waals surface area contributed by atoms with Gasteiger partial charge in [0.1, 0.15) is 17.4 Å². The average molecular weight is 342 g/mol. The summed E-state index contributed by atoms with van der Waals surface area (Å²) in [5.41, 5.74) is 0.651. The fourth-order valence-electron chi connectivity index (χ4n) is 2.19. The topological polar surface area (TPSA) is 21.3 Å². The van der Waals surface area contributed by atoms with Crippen molar-refractivity contribution in [3.8, 4) is 5.75 Å². The Balaban J connectivity index is 2.59. The first-order valence-electron chi connectivity index (χ1n) is 6.03. The van der Waals surface area contributed by atoms with Crippen LogP contribution in [0, 0.1) is 11.6 Å². The molecule has 0 aliphatic heterocycles. The maximum absolute atomic E-state index is 14.1. The second-order valence-electron chi connectivity index (χ2n) is 4.25. The van der Waals surface area contributed by atoms with E-state index in [1.807, 2.05) is 6.07 Å². The molecule has 20 heavy (non-hydrogen) atoms. The van der Waals surface area contributed by atoms with Gasteiger partial charge in [-0.15, -0.1) is 0 Å². The van der Waals surface area contributed by atoms with Crippen LogP contribution in [0.5, 0.6) is 5.75 Å². The first kappa shape index (κ1) is 14.9. The lowest BCUT2D eigenvalue weighted by atomic mass is 9.97. The second kappa shape index (κ2) is 6.33. The highest BCUT2D eigenvalue weighted by Gasteiger charge is 2.23. The molecule has 2 rings (SSSR count). The van der Waals surface area contributed by atoms with Crippen LogP contribution in [0.2, 0.25) is 0 Å². The molecule has 2 nitrogen and oxygen atoms in total. The third-order valence-electron chi connectivity index (χ3n) is 3.07. The van der Waals surface area contributed by atoms with Crippen LogP contribution in [-0.4, -0.2) is 14.2 Å². The number of nitrogens with one attached hydrogen (secondary N) is 1. The molecule has 106 valence electrons. The van der Waals surface area contributed by atoms with E-state index in [-0.39, 0.29) is 5.56 Å². The van der Waals surface area contributed by atoms with Gasteiger partial charge in [-0.1, -0.05) is 34.1 Å². The Morgan fingerprint density at radius 1 is 1.15 bits per heavy atom. The number of ether oxygens (including phenoxy) is 1. The van der Waals surface area contributed by atoms with Gasteiger partial charge in [-0.2, -0.15) is 0 Å². The van der Waals surface area contributed by atoms with Crippen molar-refractivity contribution in [3.05, 3.63) is 63.6 Å². The fourth-order valence-corrected chi connectivity index (χ4v) is 2.59. The Morgan fingerprint density at radius 2 is 1.75 bits per heavy atom. The normalized spacial score (nSPS) is 12.2. The molecule has 0 radical (unpaired) electrons. The predicted molar refractivity (Wildman–Crippen MR) is 78.0 cm³/mol. The molecule has 2 aromatic carbocycles. The Bertz CT molecular complexity index is 596. The van der Waals surface area contributed by atoms with Crippen LogP contribution in [0.25, 0.3) is 0 Å². The zero-order chi connectivity index (χ0) is 14.7. The highest BCUT2D eigenvalue weighted by Crippen LogP contribution is 2.33. The number of para-hydroxylation sites is 1. The van der Waals surface area contributed by atoms with Gasteiger partial charge in [0.15, 0.2) is 0 Å².